The van der Waals surface area contributed by atoms with Crippen LogP contribution in [0, 0.1) is 11.7 Å². The molecule has 3 atom stereocenters. The molecular weight excluding hydrogens is 405 g/mol. The fourth-order valence-electron chi connectivity index (χ4n) is 5.36. The summed E-state index contributed by atoms with van der Waals surface area (Å²) in [6, 6.07) is 12.5. The molecule has 1 aromatic carbocycles. The highest BCUT2D eigenvalue weighted by Crippen LogP contribution is 2.47. The van der Waals surface area contributed by atoms with E-state index in [-0.39, 0.29) is 34.4 Å². The number of benzene rings is 1. The summed E-state index contributed by atoms with van der Waals surface area (Å²) in [6.45, 7) is 0.410. The first-order valence-electron chi connectivity index (χ1n) is 10.4. The van der Waals surface area contributed by atoms with Gasteiger partial charge in [0.1, 0.15) is 11.3 Å². The standard InChI is InChI=1S/C23H23ClFN3O2/c24-20-19-17(25)10-6-13-28(19)21(26-20)22(29)27-14-12-23(30,15-7-2-1-3-8-15)16-9-4-5-11-18(16)27/h1-3,6-8,10,13,16,18,30H,4-5,9,11-12,14H2/t16-,18+,23?/m1/s1. The van der Waals surface area contributed by atoms with Crippen LogP contribution in [0.15, 0.2) is 48.7 Å². The molecule has 2 fully saturated rings. The molecule has 1 aliphatic carbocycles. The van der Waals surface area contributed by atoms with Crippen LogP contribution < -0.4 is 0 Å². The van der Waals surface area contributed by atoms with Gasteiger partial charge in [0.2, 0.25) is 5.82 Å². The number of halogens is 2. The number of aliphatic hydroxyl groups is 1. The predicted octanol–water partition coefficient (Wildman–Crippen LogP) is 4.42. The first-order chi connectivity index (χ1) is 14.5. The van der Waals surface area contributed by atoms with E-state index < -0.39 is 11.4 Å². The lowest BCUT2D eigenvalue weighted by atomic mass is 9.66. The molecule has 1 aliphatic heterocycles. The minimum atomic E-state index is -0.957. The number of aromatic nitrogens is 2. The van der Waals surface area contributed by atoms with Gasteiger partial charge in [-0.05, 0) is 37.0 Å². The SMILES string of the molecule is O=C(c1nc(Cl)c2c(F)cccn12)N1CCC(O)(c2ccccc2)[C@@H]2CCCC[C@@H]21. The number of nitrogens with zero attached hydrogens (tertiary/aromatic N) is 3. The third-order valence-electron chi connectivity index (χ3n) is 6.78. The van der Waals surface area contributed by atoms with Gasteiger partial charge in [0.15, 0.2) is 5.15 Å². The lowest BCUT2D eigenvalue weighted by molar-refractivity contribution is -0.110. The summed E-state index contributed by atoms with van der Waals surface area (Å²) < 4.78 is 15.6. The number of fused-ring (bicyclic) bond motifs is 2. The summed E-state index contributed by atoms with van der Waals surface area (Å²) in [6.07, 6.45) is 5.78. The van der Waals surface area contributed by atoms with Gasteiger partial charge in [0.05, 0.1) is 5.60 Å². The second-order valence-corrected chi connectivity index (χ2v) is 8.66. The number of imidazole rings is 1. The van der Waals surface area contributed by atoms with Crippen molar-refractivity contribution in [1.29, 1.82) is 0 Å². The van der Waals surface area contributed by atoms with Gasteiger partial charge >= 0.3 is 0 Å². The van der Waals surface area contributed by atoms with Crippen LogP contribution in [0.4, 0.5) is 4.39 Å². The van der Waals surface area contributed by atoms with E-state index >= 15 is 0 Å². The average molecular weight is 428 g/mol. The third kappa shape index (κ3) is 2.93. The number of hydrogen-bond acceptors (Lipinski definition) is 3. The first-order valence-corrected chi connectivity index (χ1v) is 10.8. The number of rotatable bonds is 2. The van der Waals surface area contributed by atoms with Crippen molar-refractivity contribution in [3.8, 4) is 0 Å². The number of pyridine rings is 1. The van der Waals surface area contributed by atoms with E-state index in [0.29, 0.717) is 13.0 Å². The number of likely N-dealkylation sites (tertiary alicyclic amines) is 1. The van der Waals surface area contributed by atoms with Gasteiger partial charge in [-0.1, -0.05) is 54.8 Å². The Balaban J connectivity index is 1.52. The van der Waals surface area contributed by atoms with E-state index in [0.717, 1.165) is 31.2 Å². The molecule has 1 N–H and O–H groups in total. The van der Waals surface area contributed by atoms with E-state index in [2.05, 4.69) is 4.98 Å². The number of hydrogen-bond donors (Lipinski definition) is 1. The van der Waals surface area contributed by atoms with E-state index in [1.807, 2.05) is 35.2 Å². The zero-order chi connectivity index (χ0) is 20.9. The molecule has 0 radical (unpaired) electrons. The van der Waals surface area contributed by atoms with Gasteiger partial charge in [0, 0.05) is 24.7 Å². The van der Waals surface area contributed by atoms with E-state index in [1.165, 1.54) is 16.5 Å². The zero-order valence-electron chi connectivity index (χ0n) is 16.5. The number of carbonyl (C=O) groups excluding carboxylic acids is 1. The molecule has 1 saturated carbocycles. The van der Waals surface area contributed by atoms with Crippen molar-refractivity contribution in [2.45, 2.75) is 43.7 Å². The van der Waals surface area contributed by atoms with Crippen molar-refractivity contribution in [2.24, 2.45) is 5.92 Å². The molecule has 5 nitrogen and oxygen atoms in total. The van der Waals surface area contributed by atoms with Crippen LogP contribution in [0.2, 0.25) is 5.15 Å². The summed E-state index contributed by atoms with van der Waals surface area (Å²) in [5.41, 5.74) is 0.0625. The van der Waals surface area contributed by atoms with Crippen molar-refractivity contribution in [2.75, 3.05) is 6.54 Å². The monoisotopic (exact) mass is 427 g/mol. The highest BCUT2D eigenvalue weighted by molar-refractivity contribution is 6.33. The number of piperidine rings is 1. The van der Waals surface area contributed by atoms with E-state index in [9.17, 15) is 14.3 Å². The molecule has 3 aromatic rings. The molecule has 0 bridgehead atoms. The molecule has 7 heteroatoms. The lowest BCUT2D eigenvalue weighted by Crippen LogP contribution is -2.59. The summed E-state index contributed by atoms with van der Waals surface area (Å²) in [7, 11) is 0. The minimum absolute atomic E-state index is 0.0190. The highest BCUT2D eigenvalue weighted by Gasteiger charge is 2.50. The third-order valence-corrected chi connectivity index (χ3v) is 7.04. The van der Waals surface area contributed by atoms with Crippen molar-refractivity contribution in [3.63, 3.8) is 0 Å². The Morgan fingerprint density at radius 2 is 1.93 bits per heavy atom. The van der Waals surface area contributed by atoms with Gasteiger partial charge in [-0.15, -0.1) is 0 Å². The average Bonchev–Trinajstić information content (AvgIpc) is 3.12. The van der Waals surface area contributed by atoms with Gasteiger partial charge in [0.25, 0.3) is 5.91 Å². The van der Waals surface area contributed by atoms with Crippen molar-refractivity contribution in [1.82, 2.24) is 14.3 Å². The van der Waals surface area contributed by atoms with Gasteiger partial charge in [-0.2, -0.15) is 0 Å². The van der Waals surface area contributed by atoms with Crippen LogP contribution in [0.1, 0.15) is 48.3 Å². The van der Waals surface area contributed by atoms with Crippen LogP contribution in [0.3, 0.4) is 0 Å². The van der Waals surface area contributed by atoms with Crippen molar-refractivity contribution < 1.29 is 14.3 Å². The largest absolute Gasteiger partial charge is 0.385 e. The predicted molar refractivity (Wildman–Crippen MR) is 112 cm³/mol. The molecule has 2 aromatic heterocycles. The van der Waals surface area contributed by atoms with Gasteiger partial charge < -0.3 is 10.0 Å². The Morgan fingerprint density at radius 3 is 2.73 bits per heavy atom. The second-order valence-electron chi connectivity index (χ2n) is 8.30. The fourth-order valence-corrected chi connectivity index (χ4v) is 5.62. The van der Waals surface area contributed by atoms with Crippen molar-refractivity contribution >= 4 is 23.0 Å². The summed E-state index contributed by atoms with van der Waals surface area (Å²) >= 11 is 6.15. The maximum Gasteiger partial charge on any atom is 0.290 e. The molecule has 30 heavy (non-hydrogen) atoms. The summed E-state index contributed by atoms with van der Waals surface area (Å²) in [5.74, 6) is -0.718. The number of carbonyl (C=O) groups is 1. The fraction of sp³-hybridized carbons (Fsp3) is 0.391. The molecular formula is C23H23ClFN3O2. The smallest absolute Gasteiger partial charge is 0.290 e. The Kier molecular flexibility index (Phi) is 4.79. The van der Waals surface area contributed by atoms with Crippen LogP contribution >= 0.6 is 11.6 Å². The van der Waals surface area contributed by atoms with Crippen LogP contribution in [-0.4, -0.2) is 37.9 Å². The molecule has 1 saturated heterocycles. The Bertz CT molecular complexity index is 1100. The molecule has 5 rings (SSSR count). The molecule has 1 unspecified atom stereocenters. The Labute approximate surface area is 179 Å². The lowest BCUT2D eigenvalue weighted by Gasteiger charge is -2.52. The quantitative estimate of drug-likeness (QED) is 0.658. The first kappa shape index (κ1) is 19.5. The molecule has 3 heterocycles. The Morgan fingerprint density at radius 1 is 1.17 bits per heavy atom. The van der Waals surface area contributed by atoms with Gasteiger partial charge in [-0.25, -0.2) is 9.37 Å². The Hall–Kier alpha value is -2.44. The molecule has 156 valence electrons. The second kappa shape index (κ2) is 7.36. The summed E-state index contributed by atoms with van der Waals surface area (Å²) in [5, 5.41) is 11.7. The maximum atomic E-state index is 14.2. The van der Waals surface area contributed by atoms with Gasteiger partial charge in [-0.3, -0.25) is 9.20 Å². The normalized spacial score (nSPS) is 26.6. The summed E-state index contributed by atoms with van der Waals surface area (Å²) in [4.78, 5) is 19.5. The van der Waals surface area contributed by atoms with Crippen molar-refractivity contribution in [3.05, 3.63) is 71.0 Å². The topological polar surface area (TPSA) is 57.8 Å². The van der Waals surface area contributed by atoms with Crippen LogP contribution in [0.25, 0.3) is 5.52 Å². The van der Waals surface area contributed by atoms with Crippen LogP contribution in [0.5, 0.6) is 0 Å². The number of amides is 1. The minimum Gasteiger partial charge on any atom is -0.385 e. The van der Waals surface area contributed by atoms with Crippen LogP contribution in [-0.2, 0) is 5.60 Å². The molecule has 1 amide bonds. The zero-order valence-corrected chi connectivity index (χ0v) is 17.2. The maximum absolute atomic E-state index is 14.2. The molecule has 2 aliphatic rings. The van der Waals surface area contributed by atoms with E-state index in [4.69, 9.17) is 11.6 Å². The highest BCUT2D eigenvalue weighted by atomic mass is 35.5. The molecule has 0 spiro atoms. The van der Waals surface area contributed by atoms with E-state index in [1.54, 1.807) is 6.20 Å².